The number of benzene rings is 1. The Morgan fingerprint density at radius 2 is 1.83 bits per heavy atom. The molecule has 5 nitrogen and oxygen atoms in total. The molecule has 0 radical (unpaired) electrons. The lowest BCUT2D eigenvalue weighted by Gasteiger charge is -2.06. The number of hydrogen-bond donors (Lipinski definition) is 1. The molecular formula is C12H11NO4S. The predicted octanol–water partition coefficient (Wildman–Crippen LogP) is 1.48. The second kappa shape index (κ2) is 5.05. The first kappa shape index (κ1) is 12.4. The lowest BCUT2D eigenvalue weighted by atomic mass is 10.1. The van der Waals surface area contributed by atoms with Gasteiger partial charge in [0.05, 0.1) is 14.2 Å². The van der Waals surface area contributed by atoms with Gasteiger partial charge in [-0.2, -0.15) is 0 Å². The Morgan fingerprint density at radius 3 is 2.28 bits per heavy atom. The Balaban J connectivity index is 2.36. The molecule has 1 aliphatic rings. The van der Waals surface area contributed by atoms with Crippen LogP contribution in [0.15, 0.2) is 24.0 Å². The molecule has 2 rings (SSSR count). The van der Waals surface area contributed by atoms with E-state index in [4.69, 9.17) is 26.4 Å². The summed E-state index contributed by atoms with van der Waals surface area (Å²) in [6.07, 6.45) is 1.57. The van der Waals surface area contributed by atoms with Crippen molar-refractivity contribution in [2.75, 3.05) is 14.2 Å². The van der Waals surface area contributed by atoms with E-state index in [-0.39, 0.29) is 16.8 Å². The van der Waals surface area contributed by atoms with Gasteiger partial charge in [-0.1, -0.05) is 0 Å². The maximum atomic E-state index is 11.4. The molecule has 0 bridgehead atoms. The number of methoxy groups -OCH3 is 2. The Hall–Kier alpha value is -2.08. The average molecular weight is 265 g/mol. The lowest BCUT2D eigenvalue weighted by molar-refractivity contribution is -0.116. The first-order chi connectivity index (χ1) is 8.62. The molecular weight excluding hydrogens is 254 g/mol. The Labute approximate surface area is 109 Å². The van der Waals surface area contributed by atoms with Gasteiger partial charge < -0.3 is 14.2 Å². The maximum absolute atomic E-state index is 11.4. The molecule has 0 aliphatic carbocycles. The van der Waals surface area contributed by atoms with E-state index in [0.717, 1.165) is 5.56 Å². The normalized spacial score (nSPS) is 16.4. The van der Waals surface area contributed by atoms with Crippen molar-refractivity contribution in [3.8, 4) is 11.5 Å². The van der Waals surface area contributed by atoms with Crippen LogP contribution in [0.25, 0.3) is 6.08 Å². The van der Waals surface area contributed by atoms with Crippen molar-refractivity contribution in [3.63, 3.8) is 0 Å². The van der Waals surface area contributed by atoms with Gasteiger partial charge in [-0.05, 0) is 36.0 Å². The summed E-state index contributed by atoms with van der Waals surface area (Å²) in [5.74, 6) is 1.04. The first-order valence-electron chi connectivity index (χ1n) is 5.10. The maximum Gasteiger partial charge on any atom is 0.294 e. The van der Waals surface area contributed by atoms with Crippen LogP contribution in [-0.2, 0) is 9.53 Å². The van der Waals surface area contributed by atoms with E-state index >= 15 is 0 Å². The summed E-state index contributed by atoms with van der Waals surface area (Å²) in [7, 11) is 3.11. The zero-order valence-electron chi connectivity index (χ0n) is 9.85. The first-order valence-corrected chi connectivity index (χ1v) is 5.51. The number of ether oxygens (including phenoxy) is 3. The van der Waals surface area contributed by atoms with Crippen molar-refractivity contribution in [1.29, 1.82) is 0 Å². The fourth-order valence-corrected chi connectivity index (χ4v) is 1.67. The van der Waals surface area contributed by atoms with Crippen LogP contribution in [0.4, 0.5) is 0 Å². The summed E-state index contributed by atoms with van der Waals surface area (Å²) in [6, 6.07) is 5.25. The standard InChI is InChI=1S/C12H11NO4S/c1-15-8-3-7(4-9(6-8)16-2)5-10-11(14)13-12(18)17-10/h3-6H,1-2H3,(H,13,14,18). The van der Waals surface area contributed by atoms with Gasteiger partial charge >= 0.3 is 0 Å². The number of carbonyl (C=O) groups is 1. The molecule has 1 heterocycles. The molecule has 1 aromatic carbocycles. The SMILES string of the molecule is COc1cc(C=C2OC(=S)NC2=O)cc(OC)c1. The van der Waals surface area contributed by atoms with E-state index in [1.165, 1.54) is 0 Å². The molecule has 1 amide bonds. The number of rotatable bonds is 3. The molecule has 0 atom stereocenters. The molecule has 1 fully saturated rings. The highest BCUT2D eigenvalue weighted by molar-refractivity contribution is 7.80. The second-order valence-corrected chi connectivity index (χ2v) is 3.87. The van der Waals surface area contributed by atoms with Crippen molar-refractivity contribution in [1.82, 2.24) is 5.32 Å². The van der Waals surface area contributed by atoms with Crippen LogP contribution in [-0.4, -0.2) is 25.3 Å². The number of nitrogens with one attached hydrogen (secondary N) is 1. The van der Waals surface area contributed by atoms with E-state index in [9.17, 15) is 4.79 Å². The highest BCUT2D eigenvalue weighted by atomic mass is 32.1. The minimum Gasteiger partial charge on any atom is -0.497 e. The highest BCUT2D eigenvalue weighted by Crippen LogP contribution is 2.24. The number of amides is 1. The van der Waals surface area contributed by atoms with Crippen LogP contribution in [0.3, 0.4) is 0 Å². The quantitative estimate of drug-likeness (QED) is 0.662. The second-order valence-electron chi connectivity index (χ2n) is 3.50. The third-order valence-electron chi connectivity index (χ3n) is 2.31. The van der Waals surface area contributed by atoms with E-state index in [2.05, 4.69) is 5.32 Å². The Kier molecular flexibility index (Phi) is 3.47. The van der Waals surface area contributed by atoms with Gasteiger partial charge in [0.25, 0.3) is 11.1 Å². The van der Waals surface area contributed by atoms with E-state index in [1.807, 2.05) is 0 Å². The largest absolute Gasteiger partial charge is 0.497 e. The summed E-state index contributed by atoms with van der Waals surface area (Å²) in [6.45, 7) is 0. The van der Waals surface area contributed by atoms with Gasteiger partial charge in [0.1, 0.15) is 11.5 Å². The molecule has 0 spiro atoms. The smallest absolute Gasteiger partial charge is 0.294 e. The Morgan fingerprint density at radius 1 is 1.22 bits per heavy atom. The van der Waals surface area contributed by atoms with E-state index in [0.29, 0.717) is 11.5 Å². The molecule has 0 aromatic heterocycles. The summed E-state index contributed by atoms with van der Waals surface area (Å²) in [5, 5.41) is 2.44. The summed E-state index contributed by atoms with van der Waals surface area (Å²) >= 11 is 4.74. The van der Waals surface area contributed by atoms with Crippen LogP contribution in [0, 0.1) is 0 Å². The third-order valence-corrected chi connectivity index (χ3v) is 2.50. The van der Waals surface area contributed by atoms with E-state index < -0.39 is 0 Å². The van der Waals surface area contributed by atoms with Gasteiger partial charge in [-0.3, -0.25) is 10.1 Å². The van der Waals surface area contributed by atoms with Crippen molar-refractivity contribution in [2.24, 2.45) is 0 Å². The van der Waals surface area contributed by atoms with Crippen LogP contribution in [0.2, 0.25) is 0 Å². The number of carbonyl (C=O) groups excluding carboxylic acids is 1. The third kappa shape index (κ3) is 2.60. The Bertz CT molecular complexity index is 517. The van der Waals surface area contributed by atoms with Crippen molar-refractivity contribution < 1.29 is 19.0 Å². The van der Waals surface area contributed by atoms with Gasteiger partial charge in [-0.25, -0.2) is 0 Å². The fraction of sp³-hybridized carbons (Fsp3) is 0.167. The molecule has 0 unspecified atom stereocenters. The van der Waals surface area contributed by atoms with Crippen LogP contribution < -0.4 is 14.8 Å². The summed E-state index contributed by atoms with van der Waals surface area (Å²) in [4.78, 5) is 11.4. The minimum absolute atomic E-state index is 0.0566. The molecule has 1 saturated heterocycles. The van der Waals surface area contributed by atoms with E-state index in [1.54, 1.807) is 38.5 Å². The average Bonchev–Trinajstić information content (AvgIpc) is 2.67. The van der Waals surface area contributed by atoms with Crippen molar-refractivity contribution in [2.45, 2.75) is 0 Å². The van der Waals surface area contributed by atoms with Crippen LogP contribution in [0.1, 0.15) is 5.56 Å². The molecule has 0 saturated carbocycles. The molecule has 94 valence electrons. The van der Waals surface area contributed by atoms with Gasteiger partial charge in [0.2, 0.25) is 0 Å². The lowest BCUT2D eigenvalue weighted by Crippen LogP contribution is -2.18. The molecule has 1 aliphatic heterocycles. The minimum atomic E-state index is -0.359. The van der Waals surface area contributed by atoms with Gasteiger partial charge in [0.15, 0.2) is 5.76 Å². The molecule has 18 heavy (non-hydrogen) atoms. The van der Waals surface area contributed by atoms with Crippen molar-refractivity contribution >= 4 is 29.4 Å². The molecule has 1 N–H and O–H groups in total. The topological polar surface area (TPSA) is 56.8 Å². The predicted molar refractivity (Wildman–Crippen MR) is 69.3 cm³/mol. The molecule has 1 aromatic rings. The van der Waals surface area contributed by atoms with Gasteiger partial charge in [-0.15, -0.1) is 0 Å². The summed E-state index contributed by atoms with van der Waals surface area (Å²) in [5.41, 5.74) is 0.723. The number of thiocarbonyl (C=S) groups is 1. The zero-order valence-corrected chi connectivity index (χ0v) is 10.7. The zero-order chi connectivity index (χ0) is 13.1. The summed E-state index contributed by atoms with van der Waals surface area (Å²) < 4.78 is 15.3. The monoisotopic (exact) mass is 265 g/mol. The van der Waals surface area contributed by atoms with Crippen LogP contribution in [0.5, 0.6) is 11.5 Å². The van der Waals surface area contributed by atoms with Crippen LogP contribution >= 0.6 is 12.2 Å². The highest BCUT2D eigenvalue weighted by Gasteiger charge is 2.23. The fourth-order valence-electron chi connectivity index (χ4n) is 1.49. The van der Waals surface area contributed by atoms with Crippen molar-refractivity contribution in [3.05, 3.63) is 29.5 Å². The number of hydrogen-bond acceptors (Lipinski definition) is 5. The molecule has 6 heteroatoms. The van der Waals surface area contributed by atoms with Gasteiger partial charge in [0, 0.05) is 6.07 Å².